The summed E-state index contributed by atoms with van der Waals surface area (Å²) in [5.74, 6) is -0.715. The van der Waals surface area contributed by atoms with Crippen molar-refractivity contribution in [3.8, 4) is 6.07 Å². The van der Waals surface area contributed by atoms with E-state index < -0.39 is 5.82 Å². The molecule has 1 saturated heterocycles. The molecule has 1 aliphatic heterocycles. The van der Waals surface area contributed by atoms with E-state index in [1.807, 2.05) is 24.0 Å². The molecular weight excluding hydrogens is 374 g/mol. The van der Waals surface area contributed by atoms with Gasteiger partial charge in [0.2, 0.25) is 5.91 Å². The number of anilines is 1. The van der Waals surface area contributed by atoms with Crippen LogP contribution in [0.25, 0.3) is 0 Å². The molecule has 0 atom stereocenters. The number of carbonyl (C=O) groups excluding carboxylic acids is 1. The van der Waals surface area contributed by atoms with Gasteiger partial charge >= 0.3 is 0 Å². The van der Waals surface area contributed by atoms with Crippen LogP contribution < -0.4 is 4.90 Å². The molecule has 0 unspecified atom stereocenters. The monoisotopic (exact) mass is 398 g/mol. The van der Waals surface area contributed by atoms with Crippen LogP contribution in [0.15, 0.2) is 42.5 Å². The predicted octanol–water partition coefficient (Wildman–Crippen LogP) is 3.01. The summed E-state index contributed by atoms with van der Waals surface area (Å²) in [4.78, 5) is 18.4. The lowest BCUT2D eigenvalue weighted by Crippen LogP contribution is -2.50. The van der Waals surface area contributed by atoms with Gasteiger partial charge in [0.25, 0.3) is 0 Å². The zero-order chi connectivity index (χ0) is 20.8. The van der Waals surface area contributed by atoms with Gasteiger partial charge in [-0.05, 0) is 42.8 Å². The Balaban J connectivity index is 1.54. The Morgan fingerprint density at radius 2 is 1.90 bits per heavy atom. The molecule has 0 radical (unpaired) electrons. The Labute approximate surface area is 169 Å². The number of likely N-dealkylation sites (N-methyl/N-ethyl adjacent to an activating group) is 1. The van der Waals surface area contributed by atoms with Crippen LogP contribution in [0, 0.1) is 23.0 Å². The lowest BCUT2D eigenvalue weighted by molar-refractivity contribution is -0.132. The standard InChI is InChI=1S/C22H24F2N4O/c1-2-27(15-18-4-3-5-19(23)12-18)22(29)16-26-8-10-28(11-9-26)21-7-6-17(14-25)13-20(21)24/h3-7,12-13H,2,8-11,15-16H2,1H3. The Morgan fingerprint density at radius 1 is 1.14 bits per heavy atom. The molecule has 1 aliphatic rings. The highest BCUT2D eigenvalue weighted by Crippen LogP contribution is 2.22. The first-order valence-corrected chi connectivity index (χ1v) is 9.69. The smallest absolute Gasteiger partial charge is 0.237 e. The number of hydrogen-bond acceptors (Lipinski definition) is 4. The van der Waals surface area contributed by atoms with E-state index >= 15 is 0 Å². The maximum atomic E-state index is 14.2. The first kappa shape index (κ1) is 20.7. The molecule has 1 fully saturated rings. The van der Waals surface area contributed by atoms with Crippen LogP contribution in [0.2, 0.25) is 0 Å². The zero-order valence-electron chi connectivity index (χ0n) is 16.4. The van der Waals surface area contributed by atoms with E-state index in [0.717, 1.165) is 5.56 Å². The Morgan fingerprint density at radius 3 is 2.52 bits per heavy atom. The Bertz CT molecular complexity index is 904. The second-order valence-corrected chi connectivity index (χ2v) is 7.08. The molecule has 1 heterocycles. The molecule has 152 valence electrons. The molecule has 0 aromatic heterocycles. The van der Waals surface area contributed by atoms with Crippen LogP contribution in [0.5, 0.6) is 0 Å². The van der Waals surface area contributed by atoms with Gasteiger partial charge in [-0.3, -0.25) is 9.69 Å². The molecule has 0 saturated carbocycles. The average Bonchev–Trinajstić information content (AvgIpc) is 2.72. The molecule has 3 rings (SSSR count). The van der Waals surface area contributed by atoms with Crippen LogP contribution in [0.3, 0.4) is 0 Å². The maximum absolute atomic E-state index is 14.2. The minimum absolute atomic E-state index is 0.00485. The second-order valence-electron chi connectivity index (χ2n) is 7.08. The molecule has 0 spiro atoms. The molecule has 1 amide bonds. The van der Waals surface area contributed by atoms with Crippen molar-refractivity contribution in [2.24, 2.45) is 0 Å². The van der Waals surface area contributed by atoms with E-state index in [9.17, 15) is 13.6 Å². The van der Waals surface area contributed by atoms with Crippen molar-refractivity contribution in [1.29, 1.82) is 5.26 Å². The lowest BCUT2D eigenvalue weighted by atomic mass is 10.1. The summed E-state index contributed by atoms with van der Waals surface area (Å²) in [6, 6.07) is 12.7. The zero-order valence-corrected chi connectivity index (χ0v) is 16.4. The number of amides is 1. The topological polar surface area (TPSA) is 50.6 Å². The molecular formula is C22H24F2N4O. The minimum atomic E-state index is -0.402. The fourth-order valence-corrected chi connectivity index (χ4v) is 3.50. The van der Waals surface area contributed by atoms with Crippen molar-refractivity contribution >= 4 is 11.6 Å². The number of benzene rings is 2. The van der Waals surface area contributed by atoms with Crippen molar-refractivity contribution in [1.82, 2.24) is 9.80 Å². The summed E-state index contributed by atoms with van der Waals surface area (Å²) in [6.45, 7) is 5.61. The minimum Gasteiger partial charge on any atom is -0.367 e. The van der Waals surface area contributed by atoms with Crippen molar-refractivity contribution < 1.29 is 13.6 Å². The van der Waals surface area contributed by atoms with Crippen LogP contribution in [0.1, 0.15) is 18.1 Å². The predicted molar refractivity (Wildman–Crippen MR) is 107 cm³/mol. The van der Waals surface area contributed by atoms with Crippen LogP contribution in [0.4, 0.5) is 14.5 Å². The van der Waals surface area contributed by atoms with E-state index in [-0.39, 0.29) is 18.3 Å². The average molecular weight is 398 g/mol. The highest BCUT2D eigenvalue weighted by Gasteiger charge is 2.23. The Kier molecular flexibility index (Phi) is 6.78. The third-order valence-corrected chi connectivity index (χ3v) is 5.15. The molecule has 0 bridgehead atoms. The van der Waals surface area contributed by atoms with Gasteiger partial charge in [-0.1, -0.05) is 12.1 Å². The maximum Gasteiger partial charge on any atom is 0.237 e. The Hall–Kier alpha value is -2.98. The highest BCUT2D eigenvalue weighted by atomic mass is 19.1. The molecule has 29 heavy (non-hydrogen) atoms. The summed E-state index contributed by atoms with van der Waals surface area (Å²) in [7, 11) is 0. The van der Waals surface area contributed by atoms with Gasteiger partial charge in [0.05, 0.1) is 23.9 Å². The van der Waals surface area contributed by atoms with E-state index in [1.165, 1.54) is 18.2 Å². The van der Waals surface area contributed by atoms with Crippen molar-refractivity contribution in [3.05, 3.63) is 65.2 Å². The van der Waals surface area contributed by atoms with E-state index in [1.54, 1.807) is 23.1 Å². The fraction of sp³-hybridized carbons (Fsp3) is 0.364. The number of rotatable bonds is 6. The molecule has 0 N–H and O–H groups in total. The van der Waals surface area contributed by atoms with Gasteiger partial charge in [-0.25, -0.2) is 8.78 Å². The van der Waals surface area contributed by atoms with Gasteiger partial charge in [-0.15, -0.1) is 0 Å². The normalized spacial score (nSPS) is 14.5. The van der Waals surface area contributed by atoms with Crippen LogP contribution in [-0.4, -0.2) is 55.0 Å². The van der Waals surface area contributed by atoms with E-state index in [4.69, 9.17) is 5.26 Å². The molecule has 7 heteroatoms. The number of nitriles is 1. The van der Waals surface area contributed by atoms with Gasteiger partial charge in [0, 0.05) is 39.3 Å². The largest absolute Gasteiger partial charge is 0.367 e. The molecule has 2 aromatic rings. The number of halogens is 2. The summed E-state index contributed by atoms with van der Waals surface area (Å²) in [5, 5.41) is 8.86. The van der Waals surface area contributed by atoms with E-state index in [2.05, 4.69) is 4.90 Å². The summed E-state index contributed by atoms with van der Waals surface area (Å²) < 4.78 is 27.6. The molecule has 0 aliphatic carbocycles. The van der Waals surface area contributed by atoms with Gasteiger partial charge in [0.15, 0.2) is 0 Å². The SMILES string of the molecule is CCN(Cc1cccc(F)c1)C(=O)CN1CCN(c2ccc(C#N)cc2F)CC1. The summed E-state index contributed by atoms with van der Waals surface area (Å²) in [6.07, 6.45) is 0. The third kappa shape index (κ3) is 5.30. The summed E-state index contributed by atoms with van der Waals surface area (Å²) >= 11 is 0. The second kappa shape index (κ2) is 9.48. The van der Waals surface area contributed by atoms with Crippen LogP contribution in [-0.2, 0) is 11.3 Å². The first-order chi connectivity index (χ1) is 14.0. The van der Waals surface area contributed by atoms with Crippen molar-refractivity contribution in [2.75, 3.05) is 44.2 Å². The van der Waals surface area contributed by atoms with Crippen LogP contribution >= 0.6 is 0 Å². The van der Waals surface area contributed by atoms with Crippen molar-refractivity contribution in [3.63, 3.8) is 0 Å². The molecule has 5 nitrogen and oxygen atoms in total. The third-order valence-electron chi connectivity index (χ3n) is 5.15. The van der Waals surface area contributed by atoms with Gasteiger partial charge in [-0.2, -0.15) is 5.26 Å². The highest BCUT2D eigenvalue weighted by molar-refractivity contribution is 5.78. The van der Waals surface area contributed by atoms with Gasteiger partial charge < -0.3 is 9.80 Å². The lowest BCUT2D eigenvalue weighted by Gasteiger charge is -2.36. The van der Waals surface area contributed by atoms with Crippen molar-refractivity contribution in [2.45, 2.75) is 13.5 Å². The molecule has 2 aromatic carbocycles. The fourth-order valence-electron chi connectivity index (χ4n) is 3.50. The first-order valence-electron chi connectivity index (χ1n) is 9.69. The number of carbonyl (C=O) groups is 1. The summed E-state index contributed by atoms with van der Waals surface area (Å²) in [5.41, 5.74) is 1.55. The number of nitrogens with zero attached hydrogens (tertiary/aromatic N) is 4. The van der Waals surface area contributed by atoms with Gasteiger partial charge in [0.1, 0.15) is 11.6 Å². The number of hydrogen-bond donors (Lipinski definition) is 0. The van der Waals surface area contributed by atoms with E-state index in [0.29, 0.717) is 50.5 Å². The quantitative estimate of drug-likeness (QED) is 0.751. The number of piperazine rings is 1.